The summed E-state index contributed by atoms with van der Waals surface area (Å²) in [6.07, 6.45) is 0.163. The second-order valence-electron chi connectivity index (χ2n) is 5.54. The lowest BCUT2D eigenvalue weighted by Gasteiger charge is -2.10. The number of aryl methyl sites for hydroxylation is 2. The van der Waals surface area contributed by atoms with Crippen molar-refractivity contribution >= 4 is 11.9 Å². The van der Waals surface area contributed by atoms with Crippen LogP contribution in [0, 0.1) is 12.7 Å². The van der Waals surface area contributed by atoms with Gasteiger partial charge in [0.25, 0.3) is 0 Å². The highest BCUT2D eigenvalue weighted by molar-refractivity contribution is 5.77. The molecule has 0 radical (unpaired) electrons. The third kappa shape index (κ3) is 4.87. The van der Waals surface area contributed by atoms with Gasteiger partial charge in [-0.2, -0.15) is 4.98 Å². The molecule has 0 aliphatic carbocycles. The maximum atomic E-state index is 13.6. The molecule has 8 heteroatoms. The smallest absolute Gasteiger partial charge is 0.305 e. The second-order valence-corrected chi connectivity index (χ2v) is 5.54. The largest absolute Gasteiger partial charge is 0.481 e. The molecule has 0 spiro atoms. The summed E-state index contributed by atoms with van der Waals surface area (Å²) in [5.74, 6) is -1.12. The van der Waals surface area contributed by atoms with Crippen molar-refractivity contribution in [2.45, 2.75) is 39.2 Å². The first-order valence-electron chi connectivity index (χ1n) is 7.45. The molecule has 0 saturated carbocycles. The van der Waals surface area contributed by atoms with Crippen molar-refractivity contribution in [1.82, 2.24) is 15.5 Å². The number of rotatable bonds is 7. The summed E-state index contributed by atoms with van der Waals surface area (Å²) < 4.78 is 18.6. The van der Waals surface area contributed by atoms with Crippen LogP contribution in [0.4, 0.5) is 4.39 Å². The van der Waals surface area contributed by atoms with Crippen LogP contribution in [-0.4, -0.2) is 33.2 Å². The second kappa shape index (κ2) is 7.67. The quantitative estimate of drug-likeness (QED) is 0.803. The van der Waals surface area contributed by atoms with Gasteiger partial charge in [0.15, 0.2) is 0 Å². The van der Waals surface area contributed by atoms with Gasteiger partial charge in [0, 0.05) is 24.4 Å². The lowest BCUT2D eigenvalue weighted by atomic mass is 10.1. The zero-order valence-corrected chi connectivity index (χ0v) is 13.4. The van der Waals surface area contributed by atoms with Crippen molar-refractivity contribution < 1.29 is 23.6 Å². The molecule has 0 fully saturated rings. The number of aromatic nitrogens is 2. The van der Waals surface area contributed by atoms with Crippen molar-refractivity contribution in [3.05, 3.63) is 35.5 Å². The number of hydrogen-bond donors (Lipinski definition) is 2. The molecule has 0 bridgehead atoms. The highest BCUT2D eigenvalue weighted by atomic mass is 19.1. The summed E-state index contributed by atoms with van der Waals surface area (Å²) in [6.45, 7) is 3.27. The van der Waals surface area contributed by atoms with Gasteiger partial charge in [-0.3, -0.25) is 9.59 Å². The van der Waals surface area contributed by atoms with Gasteiger partial charge >= 0.3 is 5.97 Å². The Morgan fingerprint density at radius 1 is 1.42 bits per heavy atom. The van der Waals surface area contributed by atoms with E-state index < -0.39 is 12.0 Å². The molecule has 24 heavy (non-hydrogen) atoms. The fraction of sp³-hybridized carbons (Fsp3) is 0.375. The predicted molar refractivity (Wildman–Crippen MR) is 82.6 cm³/mol. The van der Waals surface area contributed by atoms with E-state index in [1.165, 1.54) is 6.07 Å². The lowest BCUT2D eigenvalue weighted by molar-refractivity contribution is -0.137. The van der Waals surface area contributed by atoms with Crippen molar-refractivity contribution in [3.8, 4) is 11.4 Å². The van der Waals surface area contributed by atoms with Crippen molar-refractivity contribution in [3.63, 3.8) is 0 Å². The first kappa shape index (κ1) is 17.6. The van der Waals surface area contributed by atoms with E-state index >= 15 is 0 Å². The van der Waals surface area contributed by atoms with E-state index in [4.69, 9.17) is 9.63 Å². The van der Waals surface area contributed by atoms with Gasteiger partial charge < -0.3 is 14.9 Å². The third-order valence-electron chi connectivity index (χ3n) is 3.35. The number of carbonyl (C=O) groups is 2. The third-order valence-corrected chi connectivity index (χ3v) is 3.35. The Labute approximate surface area is 137 Å². The molecule has 1 atom stereocenters. The van der Waals surface area contributed by atoms with Gasteiger partial charge in [-0.25, -0.2) is 4.39 Å². The van der Waals surface area contributed by atoms with E-state index in [0.29, 0.717) is 11.1 Å². The summed E-state index contributed by atoms with van der Waals surface area (Å²) in [4.78, 5) is 26.4. The molecule has 2 aromatic rings. The number of amides is 1. The van der Waals surface area contributed by atoms with Crippen LogP contribution in [0.1, 0.15) is 31.2 Å². The molecule has 0 aliphatic heterocycles. The van der Waals surface area contributed by atoms with E-state index in [9.17, 15) is 14.0 Å². The number of nitrogens with zero attached hydrogens (tertiary/aromatic N) is 2. The zero-order valence-electron chi connectivity index (χ0n) is 13.4. The van der Waals surface area contributed by atoms with Gasteiger partial charge in [-0.1, -0.05) is 17.3 Å². The summed E-state index contributed by atoms with van der Waals surface area (Å²) in [5, 5.41) is 15.0. The average Bonchev–Trinajstić information content (AvgIpc) is 2.96. The highest BCUT2D eigenvalue weighted by Gasteiger charge is 2.14. The maximum absolute atomic E-state index is 13.6. The minimum absolute atomic E-state index is 0.0911. The number of carboxylic acids is 1. The van der Waals surface area contributed by atoms with E-state index in [1.54, 1.807) is 26.0 Å². The molecule has 1 aromatic carbocycles. The lowest BCUT2D eigenvalue weighted by Crippen LogP contribution is -2.34. The van der Waals surface area contributed by atoms with Crippen LogP contribution in [0.3, 0.4) is 0 Å². The van der Waals surface area contributed by atoms with Crippen LogP contribution in [0.25, 0.3) is 11.4 Å². The van der Waals surface area contributed by atoms with E-state index in [1.807, 2.05) is 0 Å². The predicted octanol–water partition coefficient (Wildman–Crippen LogP) is 2.10. The van der Waals surface area contributed by atoms with Crippen LogP contribution in [0.5, 0.6) is 0 Å². The molecule has 1 unspecified atom stereocenters. The van der Waals surface area contributed by atoms with Gasteiger partial charge in [-0.15, -0.1) is 0 Å². The Hall–Kier alpha value is -2.77. The minimum atomic E-state index is -0.977. The summed E-state index contributed by atoms with van der Waals surface area (Å²) >= 11 is 0. The Morgan fingerprint density at radius 2 is 2.17 bits per heavy atom. The van der Waals surface area contributed by atoms with E-state index in [-0.39, 0.29) is 42.7 Å². The molecule has 1 heterocycles. The van der Waals surface area contributed by atoms with Crippen LogP contribution in [0.2, 0.25) is 0 Å². The van der Waals surface area contributed by atoms with Crippen molar-refractivity contribution in [1.29, 1.82) is 0 Å². The first-order valence-corrected chi connectivity index (χ1v) is 7.45. The van der Waals surface area contributed by atoms with E-state index in [2.05, 4.69) is 15.5 Å². The molecule has 128 valence electrons. The number of aliphatic carboxylic acids is 1. The Balaban J connectivity index is 1.90. The molecule has 1 amide bonds. The van der Waals surface area contributed by atoms with Crippen LogP contribution >= 0.6 is 0 Å². The number of carbonyl (C=O) groups excluding carboxylic acids is 1. The topological polar surface area (TPSA) is 105 Å². The zero-order chi connectivity index (χ0) is 17.7. The van der Waals surface area contributed by atoms with Crippen LogP contribution < -0.4 is 5.32 Å². The summed E-state index contributed by atoms with van der Waals surface area (Å²) in [7, 11) is 0. The monoisotopic (exact) mass is 335 g/mol. The fourth-order valence-corrected chi connectivity index (χ4v) is 2.09. The molecular weight excluding hydrogens is 317 g/mol. The maximum Gasteiger partial charge on any atom is 0.305 e. The fourth-order valence-electron chi connectivity index (χ4n) is 2.09. The summed E-state index contributed by atoms with van der Waals surface area (Å²) in [5.41, 5.74) is 1.02. The molecule has 2 N–H and O–H groups in total. The number of hydrogen-bond acceptors (Lipinski definition) is 5. The normalized spacial score (nSPS) is 12.0. The molecule has 1 aromatic heterocycles. The molecule has 2 rings (SSSR count). The van der Waals surface area contributed by atoms with E-state index in [0.717, 1.165) is 0 Å². The van der Waals surface area contributed by atoms with Gasteiger partial charge in [0.05, 0.1) is 6.42 Å². The number of carboxylic acid groups (broad SMARTS) is 1. The molecule has 0 saturated heterocycles. The number of halogens is 1. The number of benzene rings is 1. The van der Waals surface area contributed by atoms with Crippen molar-refractivity contribution in [2.24, 2.45) is 0 Å². The standard InChI is InChI=1S/C16H18FN3O4/c1-9-3-4-11(8-12(9)17)16-19-14(24-20-16)6-5-13(21)18-10(2)7-15(22)23/h3-4,8,10H,5-7H2,1-2H3,(H,18,21)(H,22,23). The van der Waals surface area contributed by atoms with Gasteiger partial charge in [-0.05, 0) is 25.5 Å². The van der Waals surface area contributed by atoms with Gasteiger partial charge in [0.1, 0.15) is 5.82 Å². The van der Waals surface area contributed by atoms with Crippen LogP contribution in [0.15, 0.2) is 22.7 Å². The average molecular weight is 335 g/mol. The highest BCUT2D eigenvalue weighted by Crippen LogP contribution is 2.19. The van der Waals surface area contributed by atoms with Crippen molar-refractivity contribution in [2.75, 3.05) is 0 Å². The SMILES string of the molecule is Cc1ccc(-c2noc(CCC(=O)NC(C)CC(=O)O)n2)cc1F. The molecular formula is C16H18FN3O4. The minimum Gasteiger partial charge on any atom is -0.481 e. The Kier molecular flexibility index (Phi) is 5.62. The van der Waals surface area contributed by atoms with Crippen LogP contribution in [-0.2, 0) is 16.0 Å². The summed E-state index contributed by atoms with van der Waals surface area (Å²) in [6, 6.07) is 4.18. The Bertz CT molecular complexity index is 745. The van der Waals surface area contributed by atoms with Gasteiger partial charge in [0.2, 0.25) is 17.6 Å². The molecule has 7 nitrogen and oxygen atoms in total. The Morgan fingerprint density at radius 3 is 2.83 bits per heavy atom. The first-order chi connectivity index (χ1) is 11.3. The molecule has 0 aliphatic rings. The number of nitrogens with one attached hydrogen (secondary N) is 1.